The quantitative estimate of drug-likeness (QED) is 0.501. The molecule has 3 rings (SSSR count). The average molecular weight is 348 g/mol. The van der Waals surface area contributed by atoms with Crippen molar-refractivity contribution in [3.05, 3.63) is 89.5 Å². The van der Waals surface area contributed by atoms with Crippen LogP contribution in [-0.4, -0.2) is 6.61 Å². The predicted molar refractivity (Wildman–Crippen MR) is 104 cm³/mol. The van der Waals surface area contributed by atoms with Crippen molar-refractivity contribution in [1.82, 2.24) is 0 Å². The van der Waals surface area contributed by atoms with Gasteiger partial charge in [0.1, 0.15) is 17.2 Å². The largest absolute Gasteiger partial charge is 0.494 e. The van der Waals surface area contributed by atoms with Gasteiger partial charge in [0.15, 0.2) is 0 Å². The van der Waals surface area contributed by atoms with E-state index >= 15 is 0 Å². The van der Waals surface area contributed by atoms with Gasteiger partial charge in [-0.2, -0.15) is 0 Å². The van der Waals surface area contributed by atoms with Crippen LogP contribution < -0.4 is 14.2 Å². The van der Waals surface area contributed by atoms with Crippen molar-refractivity contribution < 1.29 is 14.2 Å². The second-order valence-corrected chi connectivity index (χ2v) is 6.20. The normalized spacial score (nSPS) is 10.6. The third kappa shape index (κ3) is 4.79. The predicted octanol–water partition coefficient (Wildman–Crippen LogP) is 5.86. The Balaban J connectivity index is 1.84. The molecule has 3 aromatic carbocycles. The Bertz CT molecular complexity index is 758. The van der Waals surface area contributed by atoms with Crippen molar-refractivity contribution in [3.63, 3.8) is 0 Å². The van der Waals surface area contributed by atoms with E-state index in [1.54, 1.807) is 0 Å². The van der Waals surface area contributed by atoms with Crippen molar-refractivity contribution in [2.45, 2.75) is 27.1 Å². The van der Waals surface area contributed by atoms with Crippen molar-refractivity contribution in [2.24, 2.45) is 0 Å². The maximum Gasteiger partial charge on any atom is 0.267 e. The molecule has 3 heteroatoms. The van der Waals surface area contributed by atoms with Gasteiger partial charge in [-0.25, -0.2) is 0 Å². The molecule has 3 nitrogen and oxygen atoms in total. The topological polar surface area (TPSA) is 27.7 Å². The van der Waals surface area contributed by atoms with Crippen molar-refractivity contribution in [2.75, 3.05) is 6.61 Å². The first-order valence-corrected chi connectivity index (χ1v) is 8.83. The fourth-order valence-corrected chi connectivity index (χ4v) is 2.53. The summed E-state index contributed by atoms with van der Waals surface area (Å²) in [5.74, 6) is 2.36. The minimum atomic E-state index is -0.545. The standard InChI is InChI=1S/C23H24O3/c1-4-24-20-15-9-19(10-16-20)23(25-21-11-5-17(2)6-12-21)26-22-13-7-18(3)8-14-22/h5-16,23H,4H2,1-3H3. The molecule has 0 aliphatic carbocycles. The van der Waals surface area contributed by atoms with E-state index in [0.29, 0.717) is 6.61 Å². The van der Waals surface area contributed by atoms with Crippen LogP contribution in [0, 0.1) is 13.8 Å². The lowest BCUT2D eigenvalue weighted by Gasteiger charge is -2.21. The van der Waals surface area contributed by atoms with E-state index < -0.39 is 6.29 Å². The summed E-state index contributed by atoms with van der Waals surface area (Å²) >= 11 is 0. The van der Waals surface area contributed by atoms with Crippen LogP contribution in [0.15, 0.2) is 72.8 Å². The van der Waals surface area contributed by atoms with Gasteiger partial charge in [-0.05, 0) is 69.3 Å². The van der Waals surface area contributed by atoms with Gasteiger partial charge in [0.05, 0.1) is 6.61 Å². The van der Waals surface area contributed by atoms with Gasteiger partial charge in [-0.1, -0.05) is 35.4 Å². The second kappa shape index (κ2) is 8.43. The monoisotopic (exact) mass is 348 g/mol. The smallest absolute Gasteiger partial charge is 0.267 e. The van der Waals surface area contributed by atoms with E-state index in [4.69, 9.17) is 14.2 Å². The van der Waals surface area contributed by atoms with Gasteiger partial charge in [0.25, 0.3) is 6.29 Å². The lowest BCUT2D eigenvalue weighted by Crippen LogP contribution is -2.15. The molecule has 0 aliphatic rings. The SMILES string of the molecule is CCOc1ccc(C(Oc2ccc(C)cc2)Oc2ccc(C)cc2)cc1. The first-order chi connectivity index (χ1) is 12.6. The number of ether oxygens (including phenoxy) is 3. The highest BCUT2D eigenvalue weighted by atomic mass is 16.7. The number of hydrogen-bond acceptors (Lipinski definition) is 3. The van der Waals surface area contributed by atoms with E-state index in [2.05, 4.69) is 13.8 Å². The highest BCUT2D eigenvalue weighted by molar-refractivity contribution is 5.32. The van der Waals surface area contributed by atoms with Gasteiger partial charge in [0, 0.05) is 5.56 Å². The average Bonchev–Trinajstić information content (AvgIpc) is 2.66. The molecule has 0 saturated heterocycles. The lowest BCUT2D eigenvalue weighted by molar-refractivity contribution is 0.00377. The van der Waals surface area contributed by atoms with Crippen LogP contribution in [0.1, 0.15) is 29.9 Å². The maximum atomic E-state index is 6.13. The Hall–Kier alpha value is -2.94. The molecular formula is C23H24O3. The van der Waals surface area contributed by atoms with Crippen LogP contribution in [0.5, 0.6) is 17.2 Å². The summed E-state index contributed by atoms with van der Waals surface area (Å²) in [6.45, 7) is 6.72. The van der Waals surface area contributed by atoms with E-state index in [1.165, 1.54) is 11.1 Å². The van der Waals surface area contributed by atoms with Crippen LogP contribution in [0.25, 0.3) is 0 Å². The van der Waals surface area contributed by atoms with Gasteiger partial charge < -0.3 is 14.2 Å². The summed E-state index contributed by atoms with van der Waals surface area (Å²) < 4.78 is 17.8. The summed E-state index contributed by atoms with van der Waals surface area (Å²) in [5, 5.41) is 0. The minimum Gasteiger partial charge on any atom is -0.494 e. The van der Waals surface area contributed by atoms with Gasteiger partial charge in [0.2, 0.25) is 0 Å². The number of aryl methyl sites for hydroxylation is 2. The molecule has 0 atom stereocenters. The highest BCUT2D eigenvalue weighted by Crippen LogP contribution is 2.27. The van der Waals surface area contributed by atoms with E-state index in [1.807, 2.05) is 79.7 Å². The summed E-state index contributed by atoms with van der Waals surface area (Å²) in [7, 11) is 0. The summed E-state index contributed by atoms with van der Waals surface area (Å²) in [6, 6.07) is 23.7. The molecule has 0 spiro atoms. The Morgan fingerprint density at radius 2 is 1.04 bits per heavy atom. The third-order valence-corrected chi connectivity index (χ3v) is 3.99. The Morgan fingerprint density at radius 3 is 1.46 bits per heavy atom. The fraction of sp³-hybridized carbons (Fsp3) is 0.217. The molecule has 0 N–H and O–H groups in total. The molecule has 0 aromatic heterocycles. The van der Waals surface area contributed by atoms with Gasteiger partial charge >= 0.3 is 0 Å². The van der Waals surface area contributed by atoms with Crippen molar-refractivity contribution in [1.29, 1.82) is 0 Å². The van der Waals surface area contributed by atoms with Gasteiger partial charge in [-0.15, -0.1) is 0 Å². The zero-order valence-corrected chi connectivity index (χ0v) is 15.4. The molecule has 0 aliphatic heterocycles. The van der Waals surface area contributed by atoms with E-state index in [0.717, 1.165) is 22.8 Å². The third-order valence-electron chi connectivity index (χ3n) is 3.99. The Kier molecular flexibility index (Phi) is 5.80. The molecule has 0 unspecified atom stereocenters. The van der Waals surface area contributed by atoms with Crippen LogP contribution in [0.2, 0.25) is 0 Å². The van der Waals surface area contributed by atoms with E-state index in [-0.39, 0.29) is 0 Å². The summed E-state index contributed by atoms with van der Waals surface area (Å²) in [4.78, 5) is 0. The maximum absolute atomic E-state index is 6.13. The summed E-state index contributed by atoms with van der Waals surface area (Å²) in [5.41, 5.74) is 3.30. The molecule has 0 fully saturated rings. The molecule has 0 amide bonds. The number of rotatable bonds is 7. The Morgan fingerprint density at radius 1 is 0.615 bits per heavy atom. The Labute approximate surface area is 155 Å². The highest BCUT2D eigenvalue weighted by Gasteiger charge is 2.16. The van der Waals surface area contributed by atoms with Crippen LogP contribution >= 0.6 is 0 Å². The molecule has 0 heterocycles. The zero-order chi connectivity index (χ0) is 18.4. The first-order valence-electron chi connectivity index (χ1n) is 8.83. The molecular weight excluding hydrogens is 324 g/mol. The number of benzene rings is 3. The second-order valence-electron chi connectivity index (χ2n) is 6.20. The molecule has 0 radical (unpaired) electrons. The van der Waals surface area contributed by atoms with Gasteiger partial charge in [-0.3, -0.25) is 0 Å². The van der Waals surface area contributed by atoms with Crippen LogP contribution in [0.3, 0.4) is 0 Å². The van der Waals surface area contributed by atoms with Crippen LogP contribution in [0.4, 0.5) is 0 Å². The lowest BCUT2D eigenvalue weighted by atomic mass is 10.2. The summed E-state index contributed by atoms with van der Waals surface area (Å²) in [6.07, 6.45) is -0.545. The molecule has 0 bridgehead atoms. The fourth-order valence-electron chi connectivity index (χ4n) is 2.53. The van der Waals surface area contributed by atoms with Crippen molar-refractivity contribution >= 4 is 0 Å². The van der Waals surface area contributed by atoms with Crippen molar-refractivity contribution in [3.8, 4) is 17.2 Å². The van der Waals surface area contributed by atoms with Crippen LogP contribution in [-0.2, 0) is 0 Å². The zero-order valence-electron chi connectivity index (χ0n) is 15.4. The molecule has 0 saturated carbocycles. The van der Waals surface area contributed by atoms with E-state index in [9.17, 15) is 0 Å². The number of hydrogen-bond donors (Lipinski definition) is 0. The molecule has 3 aromatic rings. The molecule has 134 valence electrons. The first kappa shape index (κ1) is 17.9. The minimum absolute atomic E-state index is 0.545. The molecule has 26 heavy (non-hydrogen) atoms.